The van der Waals surface area contributed by atoms with Crippen LogP contribution in [0, 0.1) is 0 Å². The molecule has 0 spiro atoms. The van der Waals surface area contributed by atoms with Crippen LogP contribution in [0.5, 0.6) is 11.5 Å². The van der Waals surface area contributed by atoms with E-state index in [9.17, 15) is 4.79 Å². The van der Waals surface area contributed by atoms with Crippen molar-refractivity contribution in [3.63, 3.8) is 0 Å². The highest BCUT2D eigenvalue weighted by atomic mass is 32.2. The summed E-state index contributed by atoms with van der Waals surface area (Å²) in [5.74, 6) is 2.60. The minimum atomic E-state index is -0.0918. The molecule has 0 saturated carbocycles. The van der Waals surface area contributed by atoms with Crippen molar-refractivity contribution in [3.05, 3.63) is 84.7 Å². The second-order valence-corrected chi connectivity index (χ2v) is 8.53. The van der Waals surface area contributed by atoms with E-state index in [4.69, 9.17) is 9.47 Å². The zero-order valence-electron chi connectivity index (χ0n) is 19.6. The van der Waals surface area contributed by atoms with Gasteiger partial charge in [-0.2, -0.15) is 0 Å². The highest BCUT2D eigenvalue weighted by Gasteiger charge is 2.16. The van der Waals surface area contributed by atoms with Crippen molar-refractivity contribution in [1.29, 1.82) is 0 Å². The number of anilines is 2. The summed E-state index contributed by atoms with van der Waals surface area (Å²) in [5, 5.41) is 15.8. The van der Waals surface area contributed by atoms with Crippen LogP contribution in [0.1, 0.15) is 12.2 Å². The molecule has 0 fully saturated rings. The molecule has 0 aliphatic rings. The van der Waals surface area contributed by atoms with Crippen molar-refractivity contribution in [1.82, 2.24) is 14.8 Å². The summed E-state index contributed by atoms with van der Waals surface area (Å²) in [4.78, 5) is 12.5. The monoisotopic (exact) mass is 489 g/mol. The summed E-state index contributed by atoms with van der Waals surface area (Å²) in [7, 11) is 3.23. The molecule has 0 aliphatic heterocycles. The van der Waals surface area contributed by atoms with E-state index in [1.807, 2.05) is 83.4 Å². The van der Waals surface area contributed by atoms with Crippen molar-refractivity contribution in [3.8, 4) is 17.2 Å². The van der Waals surface area contributed by atoms with E-state index in [1.165, 1.54) is 11.8 Å². The molecule has 8 nitrogen and oxygen atoms in total. The van der Waals surface area contributed by atoms with Crippen LogP contribution in [0.2, 0.25) is 0 Å². The smallest absolute Gasteiger partial charge is 0.225 e. The van der Waals surface area contributed by atoms with Gasteiger partial charge in [-0.3, -0.25) is 9.36 Å². The number of aromatic nitrogens is 3. The summed E-state index contributed by atoms with van der Waals surface area (Å²) < 4.78 is 12.7. The molecule has 1 aromatic heterocycles. The number of methoxy groups -OCH3 is 2. The van der Waals surface area contributed by atoms with Crippen LogP contribution in [-0.4, -0.2) is 40.6 Å². The molecule has 35 heavy (non-hydrogen) atoms. The largest absolute Gasteiger partial charge is 0.495 e. The first-order chi connectivity index (χ1) is 17.2. The summed E-state index contributed by atoms with van der Waals surface area (Å²) >= 11 is 1.49. The number of para-hydroxylation sites is 5. The minimum absolute atomic E-state index is 0.0918. The second-order valence-electron chi connectivity index (χ2n) is 7.47. The van der Waals surface area contributed by atoms with E-state index < -0.39 is 0 Å². The Labute approximate surface area is 208 Å². The van der Waals surface area contributed by atoms with Gasteiger partial charge in [0.15, 0.2) is 11.0 Å². The predicted octanol–water partition coefficient (Wildman–Crippen LogP) is 5.02. The third kappa shape index (κ3) is 6.13. The van der Waals surface area contributed by atoms with Crippen molar-refractivity contribution in [2.24, 2.45) is 0 Å². The average Bonchev–Trinajstić information content (AvgIpc) is 3.31. The molecule has 0 unspecified atom stereocenters. The van der Waals surface area contributed by atoms with E-state index in [1.54, 1.807) is 14.2 Å². The number of nitrogens with one attached hydrogen (secondary N) is 2. The Morgan fingerprint density at radius 3 is 2.20 bits per heavy atom. The van der Waals surface area contributed by atoms with Crippen LogP contribution in [0.3, 0.4) is 0 Å². The molecule has 1 heterocycles. The van der Waals surface area contributed by atoms with Crippen LogP contribution in [0.15, 0.2) is 84.0 Å². The van der Waals surface area contributed by atoms with Crippen LogP contribution in [0.4, 0.5) is 11.4 Å². The Morgan fingerprint density at radius 1 is 0.857 bits per heavy atom. The van der Waals surface area contributed by atoms with Gasteiger partial charge in [0, 0.05) is 17.9 Å². The molecule has 0 radical (unpaired) electrons. The third-order valence-corrected chi connectivity index (χ3v) is 6.13. The van der Waals surface area contributed by atoms with Gasteiger partial charge < -0.3 is 20.1 Å². The van der Waals surface area contributed by atoms with E-state index in [0.29, 0.717) is 30.2 Å². The number of rotatable bonds is 11. The fourth-order valence-electron chi connectivity index (χ4n) is 3.51. The minimum Gasteiger partial charge on any atom is -0.495 e. The van der Waals surface area contributed by atoms with Crippen molar-refractivity contribution < 1.29 is 14.3 Å². The summed E-state index contributed by atoms with van der Waals surface area (Å²) in [5.41, 5.74) is 2.48. The number of hydrogen-bond donors (Lipinski definition) is 2. The molecular weight excluding hydrogens is 462 g/mol. The van der Waals surface area contributed by atoms with Crippen molar-refractivity contribution in [2.45, 2.75) is 18.1 Å². The quantitative estimate of drug-likeness (QED) is 0.286. The van der Waals surface area contributed by atoms with Gasteiger partial charge in [-0.15, -0.1) is 10.2 Å². The molecule has 1 amide bonds. The summed E-state index contributed by atoms with van der Waals surface area (Å²) in [6.45, 7) is 0.455. The maximum absolute atomic E-state index is 12.5. The van der Waals surface area contributed by atoms with Gasteiger partial charge in [0.05, 0.1) is 32.1 Å². The Hall–Kier alpha value is -3.98. The molecule has 0 aliphatic carbocycles. The zero-order valence-corrected chi connectivity index (χ0v) is 20.4. The lowest BCUT2D eigenvalue weighted by Crippen LogP contribution is -2.13. The fraction of sp³-hybridized carbons (Fsp3) is 0.192. The fourth-order valence-corrected chi connectivity index (χ4v) is 4.41. The lowest BCUT2D eigenvalue weighted by molar-refractivity contribution is -0.115. The van der Waals surface area contributed by atoms with Gasteiger partial charge >= 0.3 is 0 Å². The SMILES string of the molecule is COc1ccccc1NCc1nnc(SCCC(=O)Nc2ccccc2OC)n1-c1ccccc1. The first-order valence-electron chi connectivity index (χ1n) is 11.1. The molecule has 4 aromatic rings. The number of nitrogens with zero attached hydrogens (tertiary/aromatic N) is 3. The molecule has 3 aromatic carbocycles. The van der Waals surface area contributed by atoms with E-state index in [2.05, 4.69) is 20.8 Å². The number of ether oxygens (including phenoxy) is 2. The van der Waals surface area contributed by atoms with E-state index in [-0.39, 0.29) is 5.91 Å². The Balaban J connectivity index is 1.44. The number of benzene rings is 3. The van der Waals surface area contributed by atoms with Gasteiger partial charge in [0.2, 0.25) is 5.91 Å². The number of thioether (sulfide) groups is 1. The number of amides is 1. The molecular formula is C26H27N5O3S. The van der Waals surface area contributed by atoms with Gasteiger partial charge in [0.1, 0.15) is 11.5 Å². The van der Waals surface area contributed by atoms with E-state index >= 15 is 0 Å². The van der Waals surface area contributed by atoms with Crippen LogP contribution in [0.25, 0.3) is 5.69 Å². The maximum Gasteiger partial charge on any atom is 0.225 e. The highest BCUT2D eigenvalue weighted by Crippen LogP contribution is 2.27. The first kappa shape index (κ1) is 24.2. The molecule has 0 saturated heterocycles. The van der Waals surface area contributed by atoms with Gasteiger partial charge in [-0.1, -0.05) is 54.2 Å². The Bertz CT molecular complexity index is 1260. The molecule has 180 valence electrons. The molecule has 0 atom stereocenters. The van der Waals surface area contributed by atoms with Gasteiger partial charge in [-0.25, -0.2) is 0 Å². The van der Waals surface area contributed by atoms with Crippen LogP contribution >= 0.6 is 11.8 Å². The normalized spacial score (nSPS) is 10.6. The number of carbonyl (C=O) groups excluding carboxylic acids is 1. The summed E-state index contributed by atoms with van der Waals surface area (Å²) in [6.07, 6.45) is 0.319. The average molecular weight is 490 g/mol. The van der Waals surface area contributed by atoms with Crippen molar-refractivity contribution in [2.75, 3.05) is 30.6 Å². The molecule has 2 N–H and O–H groups in total. The lowest BCUT2D eigenvalue weighted by atomic mass is 10.3. The Kier molecular flexibility index (Phi) is 8.24. The Morgan fingerprint density at radius 2 is 1.49 bits per heavy atom. The molecule has 0 bridgehead atoms. The summed E-state index contributed by atoms with van der Waals surface area (Å²) in [6, 6.07) is 25.0. The first-order valence-corrected chi connectivity index (χ1v) is 12.1. The molecule has 9 heteroatoms. The lowest BCUT2D eigenvalue weighted by Gasteiger charge is -2.13. The standard InChI is InChI=1S/C26H27N5O3S/c1-33-22-14-8-6-12-20(22)27-18-24-29-30-26(31(24)19-10-4-3-5-11-19)35-17-16-25(32)28-21-13-7-9-15-23(21)34-2/h3-15,27H,16-18H2,1-2H3,(H,28,32). The maximum atomic E-state index is 12.5. The van der Waals surface area contributed by atoms with Crippen LogP contribution < -0.4 is 20.1 Å². The number of carbonyl (C=O) groups is 1. The van der Waals surface area contributed by atoms with Gasteiger partial charge in [-0.05, 0) is 36.4 Å². The molecule has 4 rings (SSSR count). The van der Waals surface area contributed by atoms with Crippen molar-refractivity contribution >= 4 is 29.0 Å². The zero-order chi connectivity index (χ0) is 24.5. The third-order valence-electron chi connectivity index (χ3n) is 5.20. The van der Waals surface area contributed by atoms with Gasteiger partial charge in [0.25, 0.3) is 0 Å². The topological polar surface area (TPSA) is 90.3 Å². The van der Waals surface area contributed by atoms with Crippen LogP contribution in [-0.2, 0) is 11.3 Å². The predicted molar refractivity (Wildman–Crippen MR) is 139 cm³/mol. The second kappa shape index (κ2) is 11.9. The number of hydrogen-bond acceptors (Lipinski definition) is 7. The van der Waals surface area contributed by atoms with E-state index in [0.717, 1.165) is 28.1 Å². The highest BCUT2D eigenvalue weighted by molar-refractivity contribution is 7.99.